The van der Waals surface area contributed by atoms with Crippen molar-refractivity contribution in [1.82, 2.24) is 5.32 Å². The molecule has 1 heterocycles. The molecular weight excluding hydrogens is 340 g/mol. The second kappa shape index (κ2) is 9.31. The molecule has 3 rings (SSSR count). The number of methoxy groups -OCH3 is 1. The largest absolute Gasteiger partial charge is 0.497 e. The van der Waals surface area contributed by atoms with Crippen LogP contribution in [0.1, 0.15) is 25.3 Å². The van der Waals surface area contributed by atoms with Gasteiger partial charge in [0.15, 0.2) is 6.10 Å². The maximum absolute atomic E-state index is 12.4. The molecular formula is C22H28N2O3. The van der Waals surface area contributed by atoms with Gasteiger partial charge in [-0.1, -0.05) is 31.2 Å². The molecule has 0 saturated heterocycles. The molecule has 5 nitrogen and oxygen atoms in total. The molecule has 144 valence electrons. The van der Waals surface area contributed by atoms with Crippen LogP contribution in [-0.4, -0.2) is 38.8 Å². The lowest BCUT2D eigenvalue weighted by Gasteiger charge is -2.20. The zero-order chi connectivity index (χ0) is 19.1. The van der Waals surface area contributed by atoms with Crippen LogP contribution in [-0.2, 0) is 11.2 Å². The minimum absolute atomic E-state index is 0.0675. The summed E-state index contributed by atoms with van der Waals surface area (Å²) in [6, 6.07) is 15.9. The summed E-state index contributed by atoms with van der Waals surface area (Å²) in [6.07, 6.45) is 2.14. The predicted molar refractivity (Wildman–Crippen MR) is 108 cm³/mol. The van der Waals surface area contributed by atoms with E-state index in [9.17, 15) is 4.79 Å². The molecule has 1 atom stereocenters. The second-order valence-electron chi connectivity index (χ2n) is 6.70. The van der Waals surface area contributed by atoms with Gasteiger partial charge >= 0.3 is 0 Å². The minimum atomic E-state index is -0.496. The van der Waals surface area contributed by atoms with E-state index in [1.165, 1.54) is 11.3 Å². The highest BCUT2D eigenvalue weighted by molar-refractivity contribution is 5.81. The Hall–Kier alpha value is -2.69. The number of rotatable bonds is 9. The monoisotopic (exact) mass is 368 g/mol. The van der Waals surface area contributed by atoms with E-state index < -0.39 is 6.10 Å². The first-order chi connectivity index (χ1) is 13.2. The number of para-hydroxylation sites is 1. The number of hydrogen-bond acceptors (Lipinski definition) is 4. The average molecular weight is 368 g/mol. The summed E-state index contributed by atoms with van der Waals surface area (Å²) in [5, 5.41) is 3.01. The Labute approximate surface area is 161 Å². The van der Waals surface area contributed by atoms with Crippen molar-refractivity contribution in [1.29, 1.82) is 0 Å². The number of hydrogen-bond donors (Lipinski definition) is 1. The van der Waals surface area contributed by atoms with Gasteiger partial charge in [-0.25, -0.2) is 0 Å². The third-order valence-corrected chi connectivity index (χ3v) is 4.87. The summed E-state index contributed by atoms with van der Waals surface area (Å²) in [6.45, 7) is 4.61. The lowest BCUT2D eigenvalue weighted by Crippen LogP contribution is -2.39. The Morgan fingerprint density at radius 1 is 1.19 bits per heavy atom. The van der Waals surface area contributed by atoms with Crippen molar-refractivity contribution in [2.24, 2.45) is 0 Å². The summed E-state index contributed by atoms with van der Waals surface area (Å²) in [7, 11) is 1.61. The Bertz CT molecular complexity index is 763. The molecule has 2 aromatic rings. The van der Waals surface area contributed by atoms with Crippen LogP contribution in [0.4, 0.5) is 5.69 Å². The molecule has 0 spiro atoms. The van der Waals surface area contributed by atoms with Crippen LogP contribution in [0.3, 0.4) is 0 Å². The van der Waals surface area contributed by atoms with Crippen LogP contribution in [0.5, 0.6) is 11.5 Å². The number of carbonyl (C=O) groups is 1. The van der Waals surface area contributed by atoms with Gasteiger partial charge in [0, 0.05) is 31.4 Å². The van der Waals surface area contributed by atoms with Crippen LogP contribution in [0.15, 0.2) is 48.5 Å². The Balaban J connectivity index is 1.44. The topological polar surface area (TPSA) is 50.8 Å². The molecule has 2 aromatic carbocycles. The Kier molecular flexibility index (Phi) is 6.58. The first kappa shape index (κ1) is 19.1. The van der Waals surface area contributed by atoms with E-state index in [2.05, 4.69) is 34.5 Å². The van der Waals surface area contributed by atoms with Gasteiger partial charge in [0.05, 0.1) is 7.11 Å². The van der Waals surface area contributed by atoms with E-state index in [1.807, 2.05) is 25.1 Å². The highest BCUT2D eigenvalue weighted by Gasteiger charge is 2.20. The van der Waals surface area contributed by atoms with Crippen molar-refractivity contribution in [3.63, 3.8) is 0 Å². The summed E-state index contributed by atoms with van der Waals surface area (Å²) in [5.74, 6) is 1.29. The van der Waals surface area contributed by atoms with Gasteiger partial charge in [-0.15, -0.1) is 0 Å². The molecule has 1 amide bonds. The summed E-state index contributed by atoms with van der Waals surface area (Å²) in [4.78, 5) is 14.8. The lowest BCUT2D eigenvalue weighted by molar-refractivity contribution is -0.128. The third-order valence-electron chi connectivity index (χ3n) is 4.87. The van der Waals surface area contributed by atoms with E-state index >= 15 is 0 Å². The minimum Gasteiger partial charge on any atom is -0.497 e. The zero-order valence-corrected chi connectivity index (χ0v) is 16.1. The number of nitrogens with one attached hydrogen (secondary N) is 1. The number of benzene rings is 2. The molecule has 5 heteroatoms. The Morgan fingerprint density at radius 3 is 2.81 bits per heavy atom. The van der Waals surface area contributed by atoms with Crippen molar-refractivity contribution in [3.05, 3.63) is 54.1 Å². The molecule has 0 aromatic heterocycles. The van der Waals surface area contributed by atoms with Crippen LogP contribution in [0.25, 0.3) is 0 Å². The molecule has 1 aliphatic heterocycles. The van der Waals surface area contributed by atoms with E-state index in [-0.39, 0.29) is 5.91 Å². The van der Waals surface area contributed by atoms with E-state index in [1.54, 1.807) is 13.2 Å². The van der Waals surface area contributed by atoms with Crippen molar-refractivity contribution < 1.29 is 14.3 Å². The quantitative estimate of drug-likeness (QED) is 0.689. The highest BCUT2D eigenvalue weighted by Crippen LogP contribution is 2.27. The summed E-state index contributed by atoms with van der Waals surface area (Å²) in [5.41, 5.74) is 2.75. The number of carbonyl (C=O) groups excluding carboxylic acids is 1. The fourth-order valence-corrected chi connectivity index (χ4v) is 3.40. The lowest BCUT2D eigenvalue weighted by atomic mass is 10.2. The van der Waals surface area contributed by atoms with Crippen LogP contribution < -0.4 is 19.7 Å². The number of amides is 1. The van der Waals surface area contributed by atoms with Crippen molar-refractivity contribution in [2.45, 2.75) is 32.3 Å². The van der Waals surface area contributed by atoms with E-state index in [4.69, 9.17) is 9.47 Å². The van der Waals surface area contributed by atoms with Gasteiger partial charge in [0.25, 0.3) is 5.91 Å². The summed E-state index contributed by atoms with van der Waals surface area (Å²) >= 11 is 0. The maximum Gasteiger partial charge on any atom is 0.261 e. The molecule has 1 aliphatic rings. The molecule has 0 bridgehead atoms. The van der Waals surface area contributed by atoms with Gasteiger partial charge in [-0.05, 0) is 43.0 Å². The van der Waals surface area contributed by atoms with Gasteiger partial charge in [-0.3, -0.25) is 4.79 Å². The second-order valence-corrected chi connectivity index (χ2v) is 6.70. The van der Waals surface area contributed by atoms with Crippen molar-refractivity contribution in [2.75, 3.05) is 31.6 Å². The van der Waals surface area contributed by atoms with Crippen molar-refractivity contribution >= 4 is 11.6 Å². The van der Waals surface area contributed by atoms with Crippen LogP contribution in [0, 0.1) is 0 Å². The summed E-state index contributed by atoms with van der Waals surface area (Å²) < 4.78 is 11.0. The van der Waals surface area contributed by atoms with E-state index in [0.29, 0.717) is 24.5 Å². The SMILES string of the molecule is CC[C@@H](Oc1cccc(OC)c1)C(=O)NCCCN1CCc2ccccc21. The molecule has 1 N–H and O–H groups in total. The number of anilines is 1. The smallest absolute Gasteiger partial charge is 0.261 e. The number of nitrogens with zero attached hydrogens (tertiary/aromatic N) is 1. The van der Waals surface area contributed by atoms with Crippen molar-refractivity contribution in [3.8, 4) is 11.5 Å². The number of fused-ring (bicyclic) bond motifs is 1. The number of ether oxygens (including phenoxy) is 2. The molecule has 0 aliphatic carbocycles. The normalized spacial score (nSPS) is 13.8. The molecule has 0 radical (unpaired) electrons. The van der Waals surface area contributed by atoms with Gasteiger partial charge in [-0.2, -0.15) is 0 Å². The van der Waals surface area contributed by atoms with Crippen LogP contribution >= 0.6 is 0 Å². The fourth-order valence-electron chi connectivity index (χ4n) is 3.40. The molecule has 0 saturated carbocycles. The van der Waals surface area contributed by atoms with E-state index in [0.717, 1.165) is 25.9 Å². The van der Waals surface area contributed by atoms with Gasteiger partial charge < -0.3 is 19.7 Å². The predicted octanol–water partition coefficient (Wildman–Crippen LogP) is 3.42. The zero-order valence-electron chi connectivity index (χ0n) is 16.1. The first-order valence-corrected chi connectivity index (χ1v) is 9.62. The highest BCUT2D eigenvalue weighted by atomic mass is 16.5. The first-order valence-electron chi connectivity index (χ1n) is 9.62. The fraction of sp³-hybridized carbons (Fsp3) is 0.409. The molecule has 0 fully saturated rings. The Morgan fingerprint density at radius 2 is 2.00 bits per heavy atom. The molecule has 0 unspecified atom stereocenters. The third kappa shape index (κ3) is 4.94. The standard InChI is InChI=1S/C22H28N2O3/c1-3-21(27-19-10-6-9-18(16-19)26-2)22(25)23-13-7-14-24-15-12-17-8-4-5-11-20(17)24/h4-6,8-11,16,21H,3,7,12-15H2,1-2H3,(H,23,25)/t21-/m1/s1. The van der Waals surface area contributed by atoms with Gasteiger partial charge in [0.2, 0.25) is 0 Å². The molecule has 27 heavy (non-hydrogen) atoms. The average Bonchev–Trinajstić information content (AvgIpc) is 3.12. The van der Waals surface area contributed by atoms with Crippen LogP contribution in [0.2, 0.25) is 0 Å². The van der Waals surface area contributed by atoms with Gasteiger partial charge in [0.1, 0.15) is 11.5 Å². The maximum atomic E-state index is 12.4.